The van der Waals surface area contributed by atoms with E-state index < -0.39 is 0 Å². The number of hydrogen-bond acceptors (Lipinski definition) is 0. The molecule has 26 valence electrons. The van der Waals surface area contributed by atoms with E-state index in [1.165, 1.54) is 0 Å². The molecule has 0 N–H and O–H groups in total. The van der Waals surface area contributed by atoms with Gasteiger partial charge in [-0.1, -0.05) is 0 Å². The van der Waals surface area contributed by atoms with Gasteiger partial charge in [0.05, 0.1) is 0 Å². The molecule has 0 aromatic rings. The van der Waals surface area contributed by atoms with Crippen molar-refractivity contribution in [1.82, 2.24) is 0 Å². The van der Waals surface area contributed by atoms with Crippen LogP contribution in [0.1, 0.15) is 0 Å². The van der Waals surface area contributed by atoms with Gasteiger partial charge in [-0.25, -0.2) is 0 Å². The zero-order chi connectivity index (χ0) is 2.71. The Hall–Kier alpha value is 1.16. The Morgan fingerprint density at radius 2 is 1.40 bits per heavy atom. The molecule has 0 saturated carbocycles. The van der Waals surface area contributed by atoms with Crippen LogP contribution in [0.4, 0.5) is 0 Å². The topological polar surface area (TPSA) is 0 Å². The van der Waals surface area contributed by atoms with Gasteiger partial charge < -0.3 is 21.3 Å². The Kier molecular flexibility index (Phi) is 62.9. The predicted molar refractivity (Wildman–Crippen MR) is 15.4 cm³/mol. The van der Waals surface area contributed by atoms with E-state index in [2.05, 4.69) is 9.24 Å². The van der Waals surface area contributed by atoms with Crippen LogP contribution in [-0.2, 0) is 37.1 Å². The average molecular weight is 158 g/mol. The zero-order valence-corrected chi connectivity index (χ0v) is 6.19. The maximum atomic E-state index is 5.87. The van der Waals surface area contributed by atoms with Gasteiger partial charge >= 0.3 is 0 Å². The Labute approximate surface area is 58.4 Å². The van der Waals surface area contributed by atoms with Crippen molar-refractivity contribution in [2.75, 3.05) is 0 Å². The molecular weight excluding hydrogens is 157 g/mol. The first-order valence-electron chi connectivity index (χ1n) is 0.500. The molecule has 0 heterocycles. The van der Waals surface area contributed by atoms with Gasteiger partial charge in [0.2, 0.25) is 0 Å². The van der Waals surface area contributed by atoms with Gasteiger partial charge in [-0.3, -0.25) is 0 Å². The molecule has 0 aliphatic rings. The van der Waals surface area contributed by atoms with E-state index in [9.17, 15) is 0 Å². The minimum atomic E-state index is 0. The molecule has 0 rings (SSSR count). The fourth-order valence-corrected chi connectivity index (χ4v) is 0. The zero-order valence-electron chi connectivity index (χ0n) is 2.39. The Morgan fingerprint density at radius 1 is 1.40 bits per heavy atom. The summed E-state index contributed by atoms with van der Waals surface area (Å²) in [6, 6.07) is 0. The summed E-state index contributed by atoms with van der Waals surface area (Å²) in [6.07, 6.45) is 5.87. The van der Waals surface area contributed by atoms with Gasteiger partial charge in [0, 0.05) is 37.1 Å². The summed E-state index contributed by atoms with van der Waals surface area (Å²) in [5.41, 5.74) is 1.81. The molecular formula is C2HPV2-2. The summed E-state index contributed by atoms with van der Waals surface area (Å²) in [7, 11) is 2.60. The van der Waals surface area contributed by atoms with Crippen molar-refractivity contribution in [3.8, 4) is 5.66 Å². The summed E-state index contributed by atoms with van der Waals surface area (Å²) in [5, 5.41) is 0. The maximum Gasteiger partial charge on any atom is 0 e. The third-order valence-electron chi connectivity index (χ3n) is 0. The van der Waals surface area contributed by atoms with Crippen LogP contribution >= 0.6 is 9.24 Å². The van der Waals surface area contributed by atoms with Crippen LogP contribution in [-0.4, -0.2) is 0 Å². The summed E-state index contributed by atoms with van der Waals surface area (Å²) >= 11 is 0. The first-order valence-corrected chi connectivity index (χ1v) is 1.00. The second kappa shape index (κ2) is 19.1. The van der Waals surface area contributed by atoms with Crippen molar-refractivity contribution in [3.63, 3.8) is 0 Å². The van der Waals surface area contributed by atoms with Gasteiger partial charge in [0.15, 0.2) is 0 Å². The molecule has 2 radical (unpaired) electrons. The molecule has 0 saturated heterocycles. The summed E-state index contributed by atoms with van der Waals surface area (Å²) in [4.78, 5) is 0. The van der Waals surface area contributed by atoms with Gasteiger partial charge in [-0.15, -0.1) is 0 Å². The van der Waals surface area contributed by atoms with Crippen LogP contribution in [0.3, 0.4) is 0 Å². The van der Waals surface area contributed by atoms with Gasteiger partial charge in [0.25, 0.3) is 0 Å². The van der Waals surface area contributed by atoms with Gasteiger partial charge in [-0.2, -0.15) is 0 Å². The second-order valence-corrected chi connectivity index (χ2v) is 0.375. The van der Waals surface area contributed by atoms with Crippen molar-refractivity contribution >= 4 is 9.24 Å². The monoisotopic (exact) mass is 158 g/mol. The second-order valence-electron chi connectivity index (χ2n) is 0.125. The van der Waals surface area contributed by atoms with Crippen LogP contribution in [0.15, 0.2) is 0 Å². The third kappa shape index (κ3) is 38.3. The van der Waals surface area contributed by atoms with E-state index in [1.807, 2.05) is 0 Å². The largest absolute Gasteiger partial charge is 0.731 e. The van der Waals surface area contributed by atoms with E-state index in [0.29, 0.717) is 0 Å². The van der Waals surface area contributed by atoms with E-state index in [4.69, 9.17) is 6.42 Å². The molecule has 0 aliphatic carbocycles. The average Bonchev–Trinajstić information content (AvgIpc) is 0.918. The molecule has 0 unspecified atom stereocenters. The van der Waals surface area contributed by atoms with Gasteiger partial charge in [-0.05, 0) is 0 Å². The summed E-state index contributed by atoms with van der Waals surface area (Å²) < 4.78 is 0. The Balaban J connectivity index is -0.0000000200. The van der Waals surface area contributed by atoms with Crippen LogP contribution in [0.5, 0.6) is 0 Å². The van der Waals surface area contributed by atoms with E-state index in [1.54, 1.807) is 5.66 Å². The van der Waals surface area contributed by atoms with Crippen molar-refractivity contribution in [2.45, 2.75) is 0 Å². The molecule has 3 heteroatoms. The van der Waals surface area contributed by atoms with Crippen molar-refractivity contribution in [1.29, 1.82) is 0 Å². The fraction of sp³-hybridized carbons (Fsp3) is 0. The molecule has 0 aromatic heterocycles. The quantitative estimate of drug-likeness (QED) is 0.276. The summed E-state index contributed by atoms with van der Waals surface area (Å²) in [5.74, 6) is 0. The van der Waals surface area contributed by atoms with Crippen molar-refractivity contribution < 1.29 is 37.1 Å². The van der Waals surface area contributed by atoms with Crippen molar-refractivity contribution in [2.24, 2.45) is 0 Å². The van der Waals surface area contributed by atoms with E-state index in [-0.39, 0.29) is 37.1 Å². The number of rotatable bonds is 0. The van der Waals surface area contributed by atoms with Crippen molar-refractivity contribution in [3.05, 3.63) is 6.42 Å². The molecule has 0 nitrogen and oxygen atoms in total. The molecule has 0 fully saturated rings. The predicted octanol–water partition coefficient (Wildman–Crippen LogP) is 0.671. The molecule has 0 spiro atoms. The Morgan fingerprint density at radius 3 is 1.40 bits per heavy atom. The molecule has 5 heavy (non-hydrogen) atoms. The van der Waals surface area contributed by atoms with Crippen LogP contribution in [0.25, 0.3) is 0 Å². The van der Waals surface area contributed by atoms with Crippen LogP contribution in [0, 0.1) is 12.1 Å². The first-order chi connectivity index (χ1) is 1.41. The SMILES string of the molecule is [C-]#C[PH-].[V].[V]. The number of hydrogen-bond donors (Lipinski definition) is 0. The molecule has 0 aliphatic heterocycles. The van der Waals surface area contributed by atoms with E-state index >= 15 is 0 Å². The molecule has 0 aromatic carbocycles. The minimum Gasteiger partial charge on any atom is -0.731 e. The normalized spacial score (nSPS) is 1.60. The fourth-order valence-electron chi connectivity index (χ4n) is 0. The first kappa shape index (κ1) is 16.4. The molecule has 0 amide bonds. The van der Waals surface area contributed by atoms with Crippen LogP contribution < -0.4 is 0 Å². The van der Waals surface area contributed by atoms with Gasteiger partial charge in [0.1, 0.15) is 0 Å². The summed E-state index contributed by atoms with van der Waals surface area (Å²) in [6.45, 7) is 0. The Bertz CT molecular complexity index is 29.1. The smallest absolute Gasteiger partial charge is 0 e. The maximum absolute atomic E-state index is 5.87. The van der Waals surface area contributed by atoms with E-state index in [0.717, 1.165) is 0 Å². The molecule has 0 bridgehead atoms. The minimum absolute atomic E-state index is 0. The standard InChI is InChI=1S/C2HP.2V/c1-2-3;;/h3H;;/q-2;;. The van der Waals surface area contributed by atoms with Crippen LogP contribution in [0.2, 0.25) is 0 Å². The third-order valence-corrected chi connectivity index (χ3v) is 0. The molecule has 0 atom stereocenters.